The summed E-state index contributed by atoms with van der Waals surface area (Å²) in [5.41, 5.74) is 8.01. The molecular formula is C15H21Cl2N3O2. The topological polar surface area (TPSA) is 59.8 Å². The Bertz CT molecular complexity index is 566. The summed E-state index contributed by atoms with van der Waals surface area (Å²) in [6.07, 6.45) is 3.80. The van der Waals surface area contributed by atoms with Crippen molar-refractivity contribution < 1.29 is 9.47 Å². The van der Waals surface area contributed by atoms with Crippen molar-refractivity contribution in [2.24, 2.45) is 5.73 Å². The van der Waals surface area contributed by atoms with E-state index in [4.69, 9.17) is 26.8 Å². The molecule has 0 amide bonds. The Balaban J connectivity index is 0.00000176. The van der Waals surface area contributed by atoms with Crippen LogP contribution in [-0.2, 0) is 6.42 Å². The zero-order valence-electron chi connectivity index (χ0n) is 12.5. The number of methoxy groups -OCH3 is 1. The number of benzene rings is 1. The van der Waals surface area contributed by atoms with Gasteiger partial charge in [0.15, 0.2) is 0 Å². The predicted molar refractivity (Wildman–Crippen MR) is 89.8 cm³/mol. The van der Waals surface area contributed by atoms with Crippen LogP contribution in [0.25, 0.3) is 0 Å². The third-order valence-corrected chi connectivity index (χ3v) is 4.23. The van der Waals surface area contributed by atoms with Crippen LogP contribution in [0, 0.1) is 0 Å². The smallest absolute Gasteiger partial charge is 0.141 e. The van der Waals surface area contributed by atoms with Gasteiger partial charge in [0.2, 0.25) is 0 Å². The lowest BCUT2D eigenvalue weighted by Crippen LogP contribution is -2.43. The highest BCUT2D eigenvalue weighted by Crippen LogP contribution is 2.38. The number of nitrogens with zero attached hydrogens (tertiary/aromatic N) is 1. The Morgan fingerprint density at radius 1 is 1.50 bits per heavy atom. The lowest BCUT2D eigenvalue weighted by Gasteiger charge is -2.35. The van der Waals surface area contributed by atoms with Gasteiger partial charge in [0.25, 0.3) is 0 Å². The summed E-state index contributed by atoms with van der Waals surface area (Å²) in [7, 11) is 1.64. The number of halogens is 2. The monoisotopic (exact) mass is 345 g/mol. The van der Waals surface area contributed by atoms with Gasteiger partial charge < -0.3 is 25.4 Å². The summed E-state index contributed by atoms with van der Waals surface area (Å²) in [5.74, 6) is 1.55. The number of rotatable bonds is 4. The van der Waals surface area contributed by atoms with Crippen LogP contribution < -0.4 is 20.5 Å². The van der Waals surface area contributed by atoms with Gasteiger partial charge in [-0.15, -0.1) is 12.4 Å². The zero-order chi connectivity index (χ0) is 14.8. The van der Waals surface area contributed by atoms with Gasteiger partial charge in [-0.1, -0.05) is 11.6 Å². The van der Waals surface area contributed by atoms with Crippen LogP contribution in [0.5, 0.6) is 11.5 Å². The predicted octanol–water partition coefficient (Wildman–Crippen LogP) is 2.13. The second-order valence-corrected chi connectivity index (χ2v) is 5.68. The Kier molecular flexibility index (Phi) is 5.67. The molecule has 2 heterocycles. The summed E-state index contributed by atoms with van der Waals surface area (Å²) in [4.78, 5) is 2.32. The van der Waals surface area contributed by atoms with Gasteiger partial charge in [-0.25, -0.2) is 0 Å². The number of nitrogens with one attached hydrogen (secondary N) is 1. The third-order valence-electron chi connectivity index (χ3n) is 3.95. The molecule has 0 saturated heterocycles. The van der Waals surface area contributed by atoms with Crippen molar-refractivity contribution >= 4 is 24.0 Å². The molecule has 0 unspecified atom stereocenters. The molecule has 0 spiro atoms. The number of ether oxygens (including phenoxy) is 2. The maximum Gasteiger partial charge on any atom is 0.141 e. The quantitative estimate of drug-likeness (QED) is 0.875. The minimum Gasteiger partial charge on any atom is -0.497 e. The van der Waals surface area contributed by atoms with Crippen molar-refractivity contribution in [2.75, 3.05) is 26.9 Å². The summed E-state index contributed by atoms with van der Waals surface area (Å²) >= 11 is 6.25. The highest BCUT2D eigenvalue weighted by Gasteiger charge is 2.30. The van der Waals surface area contributed by atoms with Gasteiger partial charge in [-0.2, -0.15) is 0 Å². The van der Waals surface area contributed by atoms with E-state index >= 15 is 0 Å². The molecule has 3 N–H and O–H groups in total. The van der Waals surface area contributed by atoms with Gasteiger partial charge in [0, 0.05) is 29.9 Å². The van der Waals surface area contributed by atoms with Gasteiger partial charge in [0.1, 0.15) is 18.1 Å². The van der Waals surface area contributed by atoms with Crippen molar-refractivity contribution in [3.8, 4) is 11.5 Å². The van der Waals surface area contributed by atoms with Crippen LogP contribution in [0.15, 0.2) is 24.0 Å². The first kappa shape index (κ1) is 17.1. The molecule has 1 aromatic carbocycles. The summed E-state index contributed by atoms with van der Waals surface area (Å²) in [6.45, 7) is 2.08. The number of fused-ring (bicyclic) bond motifs is 1. The fourth-order valence-electron chi connectivity index (χ4n) is 2.92. The molecule has 3 rings (SSSR count). The summed E-state index contributed by atoms with van der Waals surface area (Å²) in [6, 6.07) is 4.08. The molecule has 0 radical (unpaired) electrons. The fourth-order valence-corrected chi connectivity index (χ4v) is 3.20. The second kappa shape index (κ2) is 7.31. The molecule has 22 heavy (non-hydrogen) atoms. The molecule has 122 valence electrons. The van der Waals surface area contributed by atoms with Crippen molar-refractivity contribution in [3.63, 3.8) is 0 Å². The first-order valence-electron chi connectivity index (χ1n) is 7.11. The zero-order valence-corrected chi connectivity index (χ0v) is 14.0. The first-order chi connectivity index (χ1) is 10.2. The van der Waals surface area contributed by atoms with Crippen LogP contribution in [0.4, 0.5) is 0 Å². The standard InChI is InChI=1S/C15H20ClN3O2.ClH/c1-20-13-5-10-4-12(8-21-15(10)14(16)6-13)19-9-18-7-11(19)2-3-17;/h5-7,12,18H,2-4,8-9,17H2,1H3;1H/t12-;/m1./s1. The Morgan fingerprint density at radius 2 is 2.32 bits per heavy atom. The van der Waals surface area contributed by atoms with Crippen molar-refractivity contribution in [2.45, 2.75) is 18.9 Å². The third kappa shape index (κ3) is 3.21. The number of nitrogens with two attached hydrogens (primary N) is 1. The van der Waals surface area contributed by atoms with E-state index in [1.807, 2.05) is 12.3 Å². The van der Waals surface area contributed by atoms with Gasteiger partial charge in [-0.3, -0.25) is 0 Å². The Labute approximate surface area is 141 Å². The molecular weight excluding hydrogens is 325 g/mol. The van der Waals surface area contributed by atoms with E-state index in [-0.39, 0.29) is 18.4 Å². The lowest BCUT2D eigenvalue weighted by atomic mass is 10.0. The van der Waals surface area contributed by atoms with Crippen LogP contribution in [-0.4, -0.2) is 37.9 Å². The van der Waals surface area contributed by atoms with Crippen LogP contribution in [0.2, 0.25) is 5.02 Å². The van der Waals surface area contributed by atoms with E-state index in [1.165, 1.54) is 5.70 Å². The normalized spacial score (nSPS) is 19.5. The van der Waals surface area contributed by atoms with Gasteiger partial charge >= 0.3 is 0 Å². The molecule has 0 fully saturated rings. The van der Waals surface area contributed by atoms with Gasteiger partial charge in [-0.05, 0) is 19.0 Å². The van der Waals surface area contributed by atoms with Crippen molar-refractivity contribution in [1.82, 2.24) is 10.2 Å². The lowest BCUT2D eigenvalue weighted by molar-refractivity contribution is 0.151. The molecule has 7 heteroatoms. The average Bonchev–Trinajstić information content (AvgIpc) is 2.95. The number of hydrogen-bond donors (Lipinski definition) is 2. The molecule has 2 aliphatic rings. The van der Waals surface area contributed by atoms with Crippen LogP contribution >= 0.6 is 24.0 Å². The Hall–Kier alpha value is -1.30. The summed E-state index contributed by atoms with van der Waals surface area (Å²) < 4.78 is 11.2. The fraction of sp³-hybridized carbons (Fsp3) is 0.467. The molecule has 5 nitrogen and oxygen atoms in total. The first-order valence-corrected chi connectivity index (χ1v) is 7.49. The summed E-state index contributed by atoms with van der Waals surface area (Å²) in [5, 5.41) is 3.88. The van der Waals surface area contributed by atoms with E-state index in [0.29, 0.717) is 18.2 Å². The molecule has 2 aliphatic heterocycles. The number of hydrogen-bond acceptors (Lipinski definition) is 5. The minimum absolute atomic E-state index is 0. The molecule has 0 aromatic heterocycles. The molecule has 1 atom stereocenters. The Morgan fingerprint density at radius 3 is 3.05 bits per heavy atom. The SMILES string of the molecule is COc1cc(Cl)c2c(c1)C[C@@H](N1CNC=C1CCN)CO2.Cl. The maximum atomic E-state index is 6.25. The molecule has 0 bridgehead atoms. The van der Waals surface area contributed by atoms with Crippen molar-refractivity contribution in [3.05, 3.63) is 34.6 Å². The van der Waals surface area contributed by atoms with Crippen LogP contribution in [0.1, 0.15) is 12.0 Å². The van der Waals surface area contributed by atoms with E-state index in [2.05, 4.69) is 10.2 Å². The second-order valence-electron chi connectivity index (χ2n) is 5.27. The van der Waals surface area contributed by atoms with Crippen molar-refractivity contribution in [1.29, 1.82) is 0 Å². The largest absolute Gasteiger partial charge is 0.497 e. The van der Waals surface area contributed by atoms with Gasteiger partial charge in [0.05, 0.1) is 24.8 Å². The maximum absolute atomic E-state index is 6.25. The van der Waals surface area contributed by atoms with E-state index in [1.54, 1.807) is 13.2 Å². The van der Waals surface area contributed by atoms with E-state index in [0.717, 1.165) is 36.6 Å². The molecule has 0 aliphatic carbocycles. The van der Waals surface area contributed by atoms with Crippen LogP contribution in [0.3, 0.4) is 0 Å². The molecule has 1 aromatic rings. The molecule has 0 saturated carbocycles. The minimum atomic E-state index is 0. The highest BCUT2D eigenvalue weighted by molar-refractivity contribution is 6.32. The average molecular weight is 346 g/mol. The highest BCUT2D eigenvalue weighted by atomic mass is 35.5. The van der Waals surface area contributed by atoms with E-state index in [9.17, 15) is 0 Å². The van der Waals surface area contributed by atoms with E-state index < -0.39 is 0 Å².